The van der Waals surface area contributed by atoms with E-state index in [0.717, 1.165) is 37.8 Å². The normalized spacial score (nSPS) is 17.1. The Bertz CT molecular complexity index is 574. The van der Waals surface area contributed by atoms with Gasteiger partial charge in [-0.2, -0.15) is 0 Å². The fourth-order valence-corrected chi connectivity index (χ4v) is 2.53. The number of fused-ring (bicyclic) bond motifs is 3. The molecule has 4 heteroatoms. The van der Waals surface area contributed by atoms with Gasteiger partial charge in [0.2, 0.25) is 0 Å². The van der Waals surface area contributed by atoms with Crippen LogP contribution in [0.3, 0.4) is 0 Å². The molecule has 90 valence electrons. The monoisotopic (exact) mass is 236 g/mol. The van der Waals surface area contributed by atoms with Crippen LogP contribution in [0.4, 0.5) is 8.78 Å². The van der Waals surface area contributed by atoms with Crippen molar-refractivity contribution in [3.63, 3.8) is 0 Å². The van der Waals surface area contributed by atoms with Crippen molar-refractivity contribution in [3.8, 4) is 0 Å². The van der Waals surface area contributed by atoms with E-state index in [4.69, 9.17) is 0 Å². The van der Waals surface area contributed by atoms with E-state index in [9.17, 15) is 8.78 Å². The molecular formula is C13H14F2N2. The van der Waals surface area contributed by atoms with Crippen molar-refractivity contribution in [2.24, 2.45) is 0 Å². The third kappa shape index (κ3) is 1.72. The highest BCUT2D eigenvalue weighted by molar-refractivity contribution is 5.82. The van der Waals surface area contributed by atoms with Gasteiger partial charge in [0, 0.05) is 43.2 Å². The molecule has 1 aromatic carbocycles. The minimum absolute atomic E-state index is 0.462. The molecule has 3 rings (SSSR count). The van der Waals surface area contributed by atoms with Gasteiger partial charge >= 0.3 is 0 Å². The summed E-state index contributed by atoms with van der Waals surface area (Å²) in [5.41, 5.74) is 1.63. The Balaban J connectivity index is 2.21. The summed E-state index contributed by atoms with van der Waals surface area (Å²) < 4.78 is 29.0. The molecule has 0 N–H and O–H groups in total. The molecule has 2 heterocycles. The van der Waals surface area contributed by atoms with Crippen LogP contribution in [-0.4, -0.2) is 29.6 Å². The Morgan fingerprint density at radius 2 is 1.88 bits per heavy atom. The first-order valence-electron chi connectivity index (χ1n) is 5.81. The van der Waals surface area contributed by atoms with E-state index in [0.29, 0.717) is 10.9 Å². The summed E-state index contributed by atoms with van der Waals surface area (Å²) in [6.45, 7) is 2.62. The highest BCUT2D eigenvalue weighted by Crippen LogP contribution is 2.25. The molecule has 1 aliphatic heterocycles. The van der Waals surface area contributed by atoms with Gasteiger partial charge in [0.05, 0.1) is 5.52 Å². The third-order valence-electron chi connectivity index (χ3n) is 3.45. The van der Waals surface area contributed by atoms with Gasteiger partial charge in [0.15, 0.2) is 0 Å². The maximum atomic E-state index is 13.8. The first kappa shape index (κ1) is 10.7. The van der Waals surface area contributed by atoms with Crippen LogP contribution in [0.25, 0.3) is 10.9 Å². The molecule has 2 nitrogen and oxygen atoms in total. The number of rotatable bonds is 0. The first-order valence-corrected chi connectivity index (χ1v) is 5.81. The number of aromatic nitrogens is 1. The Kier molecular flexibility index (Phi) is 2.40. The highest BCUT2D eigenvalue weighted by Gasteiger charge is 2.17. The number of hydrogen-bond donors (Lipinski definition) is 0. The van der Waals surface area contributed by atoms with Crippen molar-refractivity contribution in [1.82, 2.24) is 9.47 Å². The lowest BCUT2D eigenvalue weighted by molar-refractivity contribution is 0.342. The molecule has 0 aliphatic carbocycles. The van der Waals surface area contributed by atoms with Crippen molar-refractivity contribution < 1.29 is 8.78 Å². The first-order chi connectivity index (χ1) is 8.15. The van der Waals surface area contributed by atoms with Gasteiger partial charge in [-0.15, -0.1) is 0 Å². The van der Waals surface area contributed by atoms with E-state index in [2.05, 4.69) is 11.9 Å². The Morgan fingerprint density at radius 1 is 1.06 bits per heavy atom. The molecule has 0 unspecified atom stereocenters. The summed E-state index contributed by atoms with van der Waals surface area (Å²) in [6, 6.07) is 4.27. The van der Waals surface area contributed by atoms with Crippen LogP contribution < -0.4 is 0 Å². The van der Waals surface area contributed by atoms with Crippen molar-refractivity contribution in [2.75, 3.05) is 20.1 Å². The summed E-state index contributed by atoms with van der Waals surface area (Å²) in [5, 5.41) is 0.669. The van der Waals surface area contributed by atoms with E-state index in [-0.39, 0.29) is 0 Å². The molecule has 0 saturated carbocycles. The average Bonchev–Trinajstić information content (AvgIpc) is 2.52. The van der Waals surface area contributed by atoms with Gasteiger partial charge in [-0.25, -0.2) is 8.78 Å². The summed E-state index contributed by atoms with van der Waals surface area (Å²) in [5.74, 6) is -0.969. The number of halogens is 2. The summed E-state index contributed by atoms with van der Waals surface area (Å²) in [4.78, 5) is 2.22. The summed E-state index contributed by atoms with van der Waals surface area (Å²) in [7, 11) is 2.06. The third-order valence-corrected chi connectivity index (χ3v) is 3.45. The second kappa shape index (κ2) is 3.81. The molecule has 0 radical (unpaired) electrons. The van der Waals surface area contributed by atoms with E-state index in [1.54, 1.807) is 0 Å². The highest BCUT2D eigenvalue weighted by atomic mass is 19.1. The molecular weight excluding hydrogens is 222 g/mol. The van der Waals surface area contributed by atoms with Crippen molar-refractivity contribution in [2.45, 2.75) is 13.0 Å². The van der Waals surface area contributed by atoms with Gasteiger partial charge < -0.3 is 9.47 Å². The SMILES string of the molecule is CN1CCc2cc3cc(F)cc(F)c3n2CC1. The lowest BCUT2D eigenvalue weighted by Gasteiger charge is -2.12. The van der Waals surface area contributed by atoms with Crippen molar-refractivity contribution in [1.29, 1.82) is 0 Å². The zero-order valence-corrected chi connectivity index (χ0v) is 9.71. The quantitative estimate of drug-likeness (QED) is 0.682. The minimum atomic E-state index is -0.507. The molecule has 1 aromatic heterocycles. The second-order valence-electron chi connectivity index (χ2n) is 4.67. The van der Waals surface area contributed by atoms with Gasteiger partial charge in [-0.05, 0) is 19.2 Å². The molecule has 0 saturated heterocycles. The fraction of sp³-hybridized carbons (Fsp3) is 0.385. The van der Waals surface area contributed by atoms with Crippen LogP contribution in [0.2, 0.25) is 0 Å². The second-order valence-corrected chi connectivity index (χ2v) is 4.67. The zero-order valence-electron chi connectivity index (χ0n) is 9.71. The zero-order chi connectivity index (χ0) is 12.0. The van der Waals surface area contributed by atoms with Crippen LogP contribution in [0.5, 0.6) is 0 Å². The molecule has 0 bridgehead atoms. The van der Waals surface area contributed by atoms with Crippen LogP contribution in [0.15, 0.2) is 18.2 Å². The number of likely N-dealkylation sites (N-methyl/N-ethyl adjacent to an activating group) is 1. The Labute approximate surface area is 98.4 Å². The van der Waals surface area contributed by atoms with Gasteiger partial charge in [-0.3, -0.25) is 0 Å². The van der Waals surface area contributed by atoms with E-state index < -0.39 is 11.6 Å². The molecule has 0 amide bonds. The predicted octanol–water partition coefficient (Wildman–Crippen LogP) is 2.41. The summed E-state index contributed by atoms with van der Waals surface area (Å²) in [6.07, 6.45) is 0.881. The Hall–Kier alpha value is -1.42. The van der Waals surface area contributed by atoms with Gasteiger partial charge in [-0.1, -0.05) is 0 Å². The van der Waals surface area contributed by atoms with E-state index >= 15 is 0 Å². The van der Waals surface area contributed by atoms with E-state index in [1.165, 1.54) is 6.07 Å². The van der Waals surface area contributed by atoms with Crippen LogP contribution in [0.1, 0.15) is 5.69 Å². The Morgan fingerprint density at radius 3 is 2.71 bits per heavy atom. The van der Waals surface area contributed by atoms with Crippen LogP contribution >= 0.6 is 0 Å². The molecule has 0 spiro atoms. The summed E-state index contributed by atoms with van der Waals surface area (Å²) >= 11 is 0. The number of nitrogens with zero attached hydrogens (tertiary/aromatic N) is 2. The number of benzene rings is 1. The smallest absolute Gasteiger partial charge is 0.150 e. The standard InChI is InChI=1S/C13H14F2N2/c1-16-3-2-11-7-9-6-10(14)8-12(15)13(9)17(11)5-4-16/h6-8H,2-5H2,1H3. The van der Waals surface area contributed by atoms with Gasteiger partial charge in [0.25, 0.3) is 0 Å². The molecule has 17 heavy (non-hydrogen) atoms. The largest absolute Gasteiger partial charge is 0.341 e. The molecule has 1 aliphatic rings. The average molecular weight is 236 g/mol. The lowest BCUT2D eigenvalue weighted by Crippen LogP contribution is -2.21. The molecule has 2 aromatic rings. The minimum Gasteiger partial charge on any atom is -0.341 e. The topological polar surface area (TPSA) is 8.17 Å². The van der Waals surface area contributed by atoms with Crippen LogP contribution in [0, 0.1) is 11.6 Å². The maximum Gasteiger partial charge on any atom is 0.150 e. The van der Waals surface area contributed by atoms with Crippen LogP contribution in [-0.2, 0) is 13.0 Å². The maximum absolute atomic E-state index is 13.8. The lowest BCUT2D eigenvalue weighted by atomic mass is 10.2. The van der Waals surface area contributed by atoms with Gasteiger partial charge in [0.1, 0.15) is 11.6 Å². The van der Waals surface area contributed by atoms with Crippen molar-refractivity contribution in [3.05, 3.63) is 35.5 Å². The van der Waals surface area contributed by atoms with E-state index in [1.807, 2.05) is 10.6 Å². The number of hydrogen-bond acceptors (Lipinski definition) is 1. The molecule has 0 fully saturated rings. The predicted molar refractivity (Wildman–Crippen MR) is 63.1 cm³/mol. The fourth-order valence-electron chi connectivity index (χ4n) is 2.53. The molecule has 0 atom stereocenters. The van der Waals surface area contributed by atoms with Crippen molar-refractivity contribution >= 4 is 10.9 Å².